The van der Waals surface area contributed by atoms with Crippen LogP contribution in [-0.2, 0) is 0 Å². The molecule has 0 aliphatic heterocycles. The number of nitrogens with zero attached hydrogens (tertiary/aromatic N) is 1. The molecule has 2 amide bonds. The summed E-state index contributed by atoms with van der Waals surface area (Å²) in [6.45, 7) is 0. The highest BCUT2D eigenvalue weighted by molar-refractivity contribution is 9.11. The Bertz CT molecular complexity index is 546. The van der Waals surface area contributed by atoms with E-state index in [0.717, 1.165) is 3.79 Å². The number of nitrogens with one attached hydrogen (secondary N) is 2. The van der Waals surface area contributed by atoms with Crippen LogP contribution in [0.3, 0.4) is 0 Å². The Labute approximate surface area is 109 Å². The van der Waals surface area contributed by atoms with Gasteiger partial charge < -0.3 is 5.32 Å². The van der Waals surface area contributed by atoms with Crippen LogP contribution in [0, 0.1) is 5.82 Å². The second kappa shape index (κ2) is 5.24. The largest absolute Gasteiger partial charge is 0.325 e. The van der Waals surface area contributed by atoms with E-state index in [2.05, 4.69) is 31.5 Å². The number of benzene rings is 1. The summed E-state index contributed by atoms with van der Waals surface area (Å²) in [5.74, 6) is -0.403. The topological polar surface area (TPSA) is 54.0 Å². The number of carbonyl (C=O) groups is 1. The lowest BCUT2D eigenvalue weighted by atomic mass is 10.3. The Morgan fingerprint density at radius 1 is 1.41 bits per heavy atom. The molecule has 1 aromatic heterocycles. The molecule has 1 heterocycles. The number of carbonyl (C=O) groups excluding carboxylic acids is 1. The predicted molar refractivity (Wildman–Crippen MR) is 68.9 cm³/mol. The summed E-state index contributed by atoms with van der Waals surface area (Å²) < 4.78 is 13.7. The Hall–Kier alpha value is -1.47. The van der Waals surface area contributed by atoms with Crippen LogP contribution in [0.4, 0.5) is 20.0 Å². The van der Waals surface area contributed by atoms with E-state index < -0.39 is 11.8 Å². The molecular formula is C10H7BrFN3OS. The highest BCUT2D eigenvalue weighted by Gasteiger charge is 2.06. The van der Waals surface area contributed by atoms with Gasteiger partial charge in [-0.15, -0.1) is 0 Å². The number of rotatable bonds is 2. The number of urea groups is 1. The van der Waals surface area contributed by atoms with Crippen molar-refractivity contribution in [1.29, 1.82) is 0 Å². The fourth-order valence-electron chi connectivity index (χ4n) is 1.14. The second-order valence-electron chi connectivity index (χ2n) is 3.06. The molecule has 88 valence electrons. The van der Waals surface area contributed by atoms with Gasteiger partial charge in [-0.3, -0.25) is 5.32 Å². The van der Waals surface area contributed by atoms with E-state index in [-0.39, 0.29) is 0 Å². The van der Waals surface area contributed by atoms with Gasteiger partial charge in [0.1, 0.15) is 5.82 Å². The van der Waals surface area contributed by atoms with E-state index in [9.17, 15) is 9.18 Å². The van der Waals surface area contributed by atoms with Crippen LogP contribution >= 0.6 is 27.3 Å². The second-order valence-corrected chi connectivity index (χ2v) is 5.47. The SMILES string of the molecule is O=C(Nc1cccc(F)c1)Nc1ncc(Br)s1. The van der Waals surface area contributed by atoms with Crippen molar-refractivity contribution in [3.8, 4) is 0 Å². The summed E-state index contributed by atoms with van der Waals surface area (Å²) in [6.07, 6.45) is 1.59. The number of aromatic nitrogens is 1. The smallest absolute Gasteiger partial charge is 0.308 e. The Morgan fingerprint density at radius 3 is 2.88 bits per heavy atom. The van der Waals surface area contributed by atoms with Gasteiger partial charge in [-0.2, -0.15) is 0 Å². The highest BCUT2D eigenvalue weighted by atomic mass is 79.9. The minimum absolute atomic E-state index is 0.387. The van der Waals surface area contributed by atoms with Gasteiger partial charge in [-0.1, -0.05) is 17.4 Å². The first kappa shape index (κ1) is 12.0. The molecule has 0 fully saturated rings. The molecule has 0 spiro atoms. The molecule has 0 saturated heterocycles. The zero-order valence-electron chi connectivity index (χ0n) is 8.41. The van der Waals surface area contributed by atoms with Crippen LogP contribution in [0.5, 0.6) is 0 Å². The van der Waals surface area contributed by atoms with Crippen LogP contribution in [0.15, 0.2) is 34.2 Å². The maximum Gasteiger partial charge on any atom is 0.325 e. The van der Waals surface area contributed by atoms with Crippen molar-refractivity contribution in [3.05, 3.63) is 40.1 Å². The lowest BCUT2D eigenvalue weighted by Gasteiger charge is -2.04. The fraction of sp³-hybridized carbons (Fsp3) is 0. The normalized spacial score (nSPS) is 10.0. The molecule has 0 bridgehead atoms. The van der Waals surface area contributed by atoms with Crippen molar-refractivity contribution in [2.75, 3.05) is 10.6 Å². The molecule has 0 aliphatic carbocycles. The van der Waals surface area contributed by atoms with Crippen molar-refractivity contribution in [1.82, 2.24) is 4.98 Å². The Morgan fingerprint density at radius 2 is 2.24 bits per heavy atom. The zero-order chi connectivity index (χ0) is 12.3. The standard InChI is InChI=1S/C10H7BrFN3OS/c11-8-5-13-10(17-8)15-9(16)14-7-3-1-2-6(12)4-7/h1-5H,(H2,13,14,15,16). The molecule has 1 aromatic carbocycles. The summed E-state index contributed by atoms with van der Waals surface area (Å²) in [5, 5.41) is 5.50. The summed E-state index contributed by atoms with van der Waals surface area (Å²) in [6, 6.07) is 5.20. The summed E-state index contributed by atoms with van der Waals surface area (Å²) in [5.41, 5.74) is 0.387. The molecule has 2 aromatic rings. The van der Waals surface area contributed by atoms with E-state index in [1.807, 2.05) is 0 Å². The van der Waals surface area contributed by atoms with E-state index in [0.29, 0.717) is 10.8 Å². The number of hydrogen-bond acceptors (Lipinski definition) is 3. The molecule has 7 heteroatoms. The zero-order valence-corrected chi connectivity index (χ0v) is 10.8. The van der Waals surface area contributed by atoms with Crippen molar-refractivity contribution < 1.29 is 9.18 Å². The first-order chi connectivity index (χ1) is 8.13. The lowest BCUT2D eigenvalue weighted by molar-refractivity contribution is 0.262. The third-order valence-electron chi connectivity index (χ3n) is 1.78. The minimum Gasteiger partial charge on any atom is -0.308 e. The number of amides is 2. The van der Waals surface area contributed by atoms with Gasteiger partial charge in [-0.05, 0) is 34.1 Å². The highest BCUT2D eigenvalue weighted by Crippen LogP contribution is 2.23. The third kappa shape index (κ3) is 3.50. The van der Waals surface area contributed by atoms with E-state index >= 15 is 0 Å². The maximum absolute atomic E-state index is 12.9. The predicted octanol–water partition coefficient (Wildman–Crippen LogP) is 3.69. The quantitative estimate of drug-likeness (QED) is 0.888. The van der Waals surface area contributed by atoms with Crippen molar-refractivity contribution in [2.24, 2.45) is 0 Å². The molecule has 0 atom stereocenters. The number of hydrogen-bond donors (Lipinski definition) is 2. The Balaban J connectivity index is 1.98. The van der Waals surface area contributed by atoms with Crippen LogP contribution in [0.1, 0.15) is 0 Å². The molecule has 17 heavy (non-hydrogen) atoms. The molecular weight excluding hydrogens is 309 g/mol. The summed E-state index contributed by atoms with van der Waals surface area (Å²) in [7, 11) is 0. The van der Waals surface area contributed by atoms with Crippen molar-refractivity contribution in [2.45, 2.75) is 0 Å². The van der Waals surface area contributed by atoms with Crippen molar-refractivity contribution in [3.63, 3.8) is 0 Å². The summed E-state index contributed by atoms with van der Waals surface area (Å²) in [4.78, 5) is 15.4. The number of halogens is 2. The van der Waals surface area contributed by atoms with E-state index in [1.165, 1.54) is 29.5 Å². The molecule has 0 radical (unpaired) electrons. The van der Waals surface area contributed by atoms with Gasteiger partial charge in [-0.25, -0.2) is 14.2 Å². The molecule has 2 rings (SSSR count). The van der Waals surface area contributed by atoms with E-state index in [1.54, 1.807) is 12.3 Å². The molecule has 0 aliphatic rings. The van der Waals surface area contributed by atoms with E-state index in [4.69, 9.17) is 0 Å². The van der Waals surface area contributed by atoms with Crippen LogP contribution in [0.25, 0.3) is 0 Å². The average Bonchev–Trinajstić information content (AvgIpc) is 2.63. The van der Waals surface area contributed by atoms with Crippen molar-refractivity contribution >= 4 is 44.1 Å². The average molecular weight is 316 g/mol. The van der Waals surface area contributed by atoms with Crippen LogP contribution in [-0.4, -0.2) is 11.0 Å². The Kier molecular flexibility index (Phi) is 3.70. The third-order valence-corrected chi connectivity index (χ3v) is 3.17. The monoisotopic (exact) mass is 315 g/mol. The van der Waals surface area contributed by atoms with Gasteiger partial charge in [0.05, 0.1) is 9.98 Å². The maximum atomic E-state index is 12.9. The minimum atomic E-state index is -0.461. The molecule has 0 saturated carbocycles. The van der Waals surface area contributed by atoms with Gasteiger partial charge in [0, 0.05) is 5.69 Å². The number of anilines is 2. The van der Waals surface area contributed by atoms with Gasteiger partial charge in [0.25, 0.3) is 0 Å². The first-order valence-electron chi connectivity index (χ1n) is 4.58. The van der Waals surface area contributed by atoms with Crippen LogP contribution in [0.2, 0.25) is 0 Å². The molecule has 0 unspecified atom stereocenters. The van der Waals surface area contributed by atoms with Crippen LogP contribution < -0.4 is 10.6 Å². The summed E-state index contributed by atoms with van der Waals surface area (Å²) >= 11 is 4.52. The van der Waals surface area contributed by atoms with Gasteiger partial charge in [0.15, 0.2) is 5.13 Å². The fourth-order valence-corrected chi connectivity index (χ4v) is 2.24. The van der Waals surface area contributed by atoms with Gasteiger partial charge in [0.2, 0.25) is 0 Å². The lowest BCUT2D eigenvalue weighted by Crippen LogP contribution is -2.19. The first-order valence-corrected chi connectivity index (χ1v) is 6.19. The van der Waals surface area contributed by atoms with Gasteiger partial charge >= 0.3 is 6.03 Å². The molecule has 2 N–H and O–H groups in total. The number of thiazole rings is 1. The molecule has 4 nitrogen and oxygen atoms in total.